The number of hydrogen-bond acceptors (Lipinski definition) is 4. The molecule has 2 aliphatic rings. The molecule has 4 nitrogen and oxygen atoms in total. The van der Waals surface area contributed by atoms with Crippen LogP contribution < -0.4 is 5.32 Å². The van der Waals surface area contributed by atoms with Crippen molar-refractivity contribution in [1.29, 1.82) is 0 Å². The van der Waals surface area contributed by atoms with Gasteiger partial charge in [0.1, 0.15) is 12.5 Å². The van der Waals surface area contributed by atoms with Crippen LogP contribution in [-0.2, 0) is 9.47 Å². The monoisotopic (exact) mass is 142 g/mol. The third-order valence-corrected chi connectivity index (χ3v) is 1.63. The molecular weight excluding hydrogens is 132 g/mol. The third-order valence-electron chi connectivity index (χ3n) is 1.63. The highest BCUT2D eigenvalue weighted by molar-refractivity contribution is 4.74. The molecule has 0 aliphatic carbocycles. The summed E-state index contributed by atoms with van der Waals surface area (Å²) in [6, 6.07) is 0. The first-order chi connectivity index (χ1) is 4.97. The minimum Gasteiger partial charge on any atom is -0.446 e. The van der Waals surface area contributed by atoms with E-state index in [9.17, 15) is 0 Å². The van der Waals surface area contributed by atoms with Crippen LogP contribution in [0.5, 0.6) is 0 Å². The molecule has 0 atom stereocenters. The summed E-state index contributed by atoms with van der Waals surface area (Å²) >= 11 is 0. The Balaban J connectivity index is 1.87. The van der Waals surface area contributed by atoms with E-state index in [0.717, 1.165) is 19.8 Å². The van der Waals surface area contributed by atoms with Crippen LogP contribution in [0.3, 0.4) is 0 Å². The molecule has 0 saturated carbocycles. The molecule has 0 bridgehead atoms. The molecule has 0 amide bonds. The molecule has 0 spiro atoms. The fourth-order valence-electron chi connectivity index (χ4n) is 1.11. The molecule has 0 radical (unpaired) electrons. The molecule has 1 fully saturated rings. The van der Waals surface area contributed by atoms with Gasteiger partial charge in [-0.15, -0.1) is 0 Å². The standard InChI is InChI=1S/C6H10N2O2/c1-2-8(5-7-1)6-9-3-4-10-6/h3-4,6-7H,1-2,5H2. The van der Waals surface area contributed by atoms with Gasteiger partial charge in [-0.05, 0) is 0 Å². The SMILES string of the molecule is C1=COC(N2CCNC2)O1. The van der Waals surface area contributed by atoms with Crippen LogP contribution in [0.4, 0.5) is 0 Å². The van der Waals surface area contributed by atoms with Gasteiger partial charge >= 0.3 is 6.41 Å². The maximum Gasteiger partial charge on any atom is 0.304 e. The molecule has 0 aromatic carbocycles. The molecule has 2 aliphatic heterocycles. The van der Waals surface area contributed by atoms with Gasteiger partial charge in [0.2, 0.25) is 0 Å². The molecular formula is C6H10N2O2. The van der Waals surface area contributed by atoms with Crippen molar-refractivity contribution in [3.8, 4) is 0 Å². The van der Waals surface area contributed by atoms with E-state index in [0.29, 0.717) is 0 Å². The summed E-state index contributed by atoms with van der Waals surface area (Å²) in [6.45, 7) is 2.86. The summed E-state index contributed by atoms with van der Waals surface area (Å²) in [5.41, 5.74) is 0. The van der Waals surface area contributed by atoms with Gasteiger partial charge in [0.15, 0.2) is 0 Å². The lowest BCUT2D eigenvalue weighted by Crippen LogP contribution is -2.34. The number of ether oxygens (including phenoxy) is 2. The fourth-order valence-corrected chi connectivity index (χ4v) is 1.11. The second kappa shape index (κ2) is 2.48. The molecule has 0 aromatic rings. The summed E-state index contributed by atoms with van der Waals surface area (Å²) in [5.74, 6) is 0. The Morgan fingerprint density at radius 1 is 1.40 bits per heavy atom. The van der Waals surface area contributed by atoms with Crippen LogP contribution in [0, 0.1) is 0 Å². The fraction of sp³-hybridized carbons (Fsp3) is 0.667. The molecule has 56 valence electrons. The first-order valence-electron chi connectivity index (χ1n) is 3.37. The molecule has 0 aromatic heterocycles. The van der Waals surface area contributed by atoms with Gasteiger partial charge in [0.05, 0.1) is 6.67 Å². The highest BCUT2D eigenvalue weighted by Crippen LogP contribution is 2.10. The van der Waals surface area contributed by atoms with Crippen LogP contribution in [0.1, 0.15) is 0 Å². The minimum atomic E-state index is -0.185. The Hall–Kier alpha value is -0.740. The summed E-state index contributed by atoms with van der Waals surface area (Å²) in [5, 5.41) is 3.19. The Kier molecular flexibility index (Phi) is 1.49. The molecule has 2 heterocycles. The zero-order chi connectivity index (χ0) is 6.81. The van der Waals surface area contributed by atoms with Gasteiger partial charge in [0.25, 0.3) is 0 Å². The van der Waals surface area contributed by atoms with Crippen molar-refractivity contribution >= 4 is 0 Å². The molecule has 0 unspecified atom stereocenters. The molecule has 2 rings (SSSR count). The van der Waals surface area contributed by atoms with Gasteiger partial charge in [-0.1, -0.05) is 0 Å². The average molecular weight is 142 g/mol. The second-order valence-corrected chi connectivity index (χ2v) is 2.32. The zero-order valence-electron chi connectivity index (χ0n) is 5.62. The maximum atomic E-state index is 5.12. The lowest BCUT2D eigenvalue weighted by molar-refractivity contribution is -0.130. The second-order valence-electron chi connectivity index (χ2n) is 2.32. The zero-order valence-corrected chi connectivity index (χ0v) is 5.62. The summed E-state index contributed by atoms with van der Waals surface area (Å²) < 4.78 is 10.2. The number of hydrogen-bond donors (Lipinski definition) is 1. The van der Waals surface area contributed by atoms with E-state index in [1.165, 1.54) is 0 Å². The van der Waals surface area contributed by atoms with Gasteiger partial charge < -0.3 is 14.8 Å². The third kappa shape index (κ3) is 0.955. The van der Waals surface area contributed by atoms with Gasteiger partial charge in [-0.2, -0.15) is 0 Å². The summed E-state index contributed by atoms with van der Waals surface area (Å²) in [4.78, 5) is 2.08. The quantitative estimate of drug-likeness (QED) is 0.542. The van der Waals surface area contributed by atoms with Crippen LogP contribution >= 0.6 is 0 Å². The van der Waals surface area contributed by atoms with E-state index >= 15 is 0 Å². The molecule has 4 heteroatoms. The van der Waals surface area contributed by atoms with Crippen molar-refractivity contribution in [2.75, 3.05) is 19.8 Å². The summed E-state index contributed by atoms with van der Waals surface area (Å²) in [7, 11) is 0. The predicted octanol–water partition coefficient (Wildman–Crippen LogP) is -0.349. The van der Waals surface area contributed by atoms with Gasteiger partial charge in [-0.3, -0.25) is 0 Å². The number of nitrogens with one attached hydrogen (secondary N) is 1. The van der Waals surface area contributed by atoms with Crippen molar-refractivity contribution in [1.82, 2.24) is 10.2 Å². The molecule has 1 N–H and O–H groups in total. The van der Waals surface area contributed by atoms with Crippen molar-refractivity contribution in [3.63, 3.8) is 0 Å². The first kappa shape index (κ1) is 6.00. The predicted molar refractivity (Wildman–Crippen MR) is 34.7 cm³/mol. The largest absolute Gasteiger partial charge is 0.446 e. The van der Waals surface area contributed by atoms with Gasteiger partial charge in [0, 0.05) is 13.1 Å². The molecule has 1 saturated heterocycles. The highest BCUT2D eigenvalue weighted by atomic mass is 16.7. The van der Waals surface area contributed by atoms with Crippen LogP contribution in [0.15, 0.2) is 12.5 Å². The maximum absolute atomic E-state index is 5.12. The van der Waals surface area contributed by atoms with Crippen molar-refractivity contribution in [3.05, 3.63) is 12.5 Å². The topological polar surface area (TPSA) is 33.7 Å². The minimum absolute atomic E-state index is 0.185. The Morgan fingerprint density at radius 2 is 2.20 bits per heavy atom. The van der Waals surface area contributed by atoms with Crippen molar-refractivity contribution in [2.45, 2.75) is 6.41 Å². The van der Waals surface area contributed by atoms with Crippen LogP contribution in [0.2, 0.25) is 0 Å². The summed E-state index contributed by atoms with van der Waals surface area (Å²) in [6.07, 6.45) is 2.96. The van der Waals surface area contributed by atoms with E-state index in [-0.39, 0.29) is 6.41 Å². The lowest BCUT2D eigenvalue weighted by atomic mass is 10.6. The van der Waals surface area contributed by atoms with Crippen molar-refractivity contribution in [2.24, 2.45) is 0 Å². The van der Waals surface area contributed by atoms with Gasteiger partial charge in [-0.25, -0.2) is 4.90 Å². The Labute approximate surface area is 59.4 Å². The Morgan fingerprint density at radius 3 is 2.80 bits per heavy atom. The van der Waals surface area contributed by atoms with Crippen LogP contribution in [0.25, 0.3) is 0 Å². The van der Waals surface area contributed by atoms with E-state index in [1.54, 1.807) is 12.5 Å². The highest BCUT2D eigenvalue weighted by Gasteiger charge is 2.24. The smallest absolute Gasteiger partial charge is 0.304 e. The number of nitrogens with zero attached hydrogens (tertiary/aromatic N) is 1. The van der Waals surface area contributed by atoms with E-state index in [2.05, 4.69) is 10.2 Å². The lowest BCUT2D eigenvalue weighted by Gasteiger charge is -2.19. The normalized spacial score (nSPS) is 26.8. The molecule has 10 heavy (non-hydrogen) atoms. The van der Waals surface area contributed by atoms with E-state index in [4.69, 9.17) is 9.47 Å². The average Bonchev–Trinajstić information content (AvgIpc) is 2.59. The van der Waals surface area contributed by atoms with E-state index < -0.39 is 0 Å². The number of rotatable bonds is 1. The van der Waals surface area contributed by atoms with E-state index in [1.807, 2.05) is 0 Å². The first-order valence-corrected chi connectivity index (χ1v) is 3.37. The van der Waals surface area contributed by atoms with Crippen molar-refractivity contribution < 1.29 is 9.47 Å². The van der Waals surface area contributed by atoms with Crippen LogP contribution in [-0.4, -0.2) is 31.1 Å². The Bertz CT molecular complexity index is 135.